The molecule has 0 radical (unpaired) electrons. The summed E-state index contributed by atoms with van der Waals surface area (Å²) in [5.41, 5.74) is 1.95. The van der Waals surface area contributed by atoms with Crippen molar-refractivity contribution in [3.8, 4) is 11.3 Å². The molecule has 0 atom stereocenters. The van der Waals surface area contributed by atoms with Crippen molar-refractivity contribution in [2.24, 2.45) is 12.5 Å². The van der Waals surface area contributed by atoms with Crippen LogP contribution in [-0.2, 0) is 18.4 Å². The minimum absolute atomic E-state index is 0.0136. The molecule has 0 fully saturated rings. The van der Waals surface area contributed by atoms with E-state index in [1.165, 1.54) is 0 Å². The number of hydrogen-bond donors (Lipinski definition) is 1. The van der Waals surface area contributed by atoms with E-state index >= 15 is 0 Å². The third kappa shape index (κ3) is 3.20. The Morgan fingerprint density at radius 3 is 2.60 bits per heavy atom. The fraction of sp³-hybridized carbons (Fsp3) is 0.429. The molecule has 0 spiro atoms. The summed E-state index contributed by atoms with van der Waals surface area (Å²) in [5, 5.41) is 7.02. The minimum Gasteiger partial charge on any atom is -0.350 e. The lowest BCUT2D eigenvalue weighted by Crippen LogP contribution is -2.34. The number of hydrogen-bond acceptors (Lipinski definition) is 4. The summed E-state index contributed by atoms with van der Waals surface area (Å²) in [6, 6.07) is 0. The smallest absolute Gasteiger partial charge is 0.225 e. The minimum atomic E-state index is -0.420. The summed E-state index contributed by atoms with van der Waals surface area (Å²) in [6.45, 7) is 5.98. The number of carbonyl (C=O) groups excluding carboxylic acids is 1. The van der Waals surface area contributed by atoms with E-state index in [1.807, 2.05) is 34.0 Å². The Balaban J connectivity index is 2.19. The first kappa shape index (κ1) is 14.2. The Labute approximate surface area is 118 Å². The zero-order valence-corrected chi connectivity index (χ0v) is 12.2. The topological polar surface area (TPSA) is 72.7 Å². The summed E-state index contributed by atoms with van der Waals surface area (Å²) >= 11 is 0. The van der Waals surface area contributed by atoms with Crippen molar-refractivity contribution in [2.45, 2.75) is 27.3 Å². The molecule has 0 aliphatic rings. The SMILES string of the molecule is Cn1cc(-c2nccnc2CNC(=O)C(C)(C)C)cn1. The van der Waals surface area contributed by atoms with Gasteiger partial charge in [0.05, 0.1) is 24.1 Å². The second-order valence-corrected chi connectivity index (χ2v) is 5.69. The molecule has 0 unspecified atom stereocenters. The number of amides is 1. The molecule has 0 saturated heterocycles. The van der Waals surface area contributed by atoms with Crippen molar-refractivity contribution in [1.82, 2.24) is 25.1 Å². The lowest BCUT2D eigenvalue weighted by molar-refractivity contribution is -0.128. The van der Waals surface area contributed by atoms with Gasteiger partial charge in [0, 0.05) is 36.6 Å². The molecule has 0 saturated carbocycles. The average Bonchev–Trinajstić information content (AvgIpc) is 2.81. The normalized spacial score (nSPS) is 11.4. The maximum atomic E-state index is 11.9. The van der Waals surface area contributed by atoms with Gasteiger partial charge in [-0.1, -0.05) is 20.8 Å². The highest BCUT2D eigenvalue weighted by molar-refractivity contribution is 5.81. The van der Waals surface area contributed by atoms with E-state index in [2.05, 4.69) is 20.4 Å². The van der Waals surface area contributed by atoms with Crippen molar-refractivity contribution >= 4 is 5.91 Å². The molecule has 6 nitrogen and oxygen atoms in total. The Morgan fingerprint density at radius 1 is 1.30 bits per heavy atom. The second-order valence-electron chi connectivity index (χ2n) is 5.69. The standard InChI is InChI=1S/C14H19N5O/c1-14(2,3)13(20)17-8-11-12(16-6-5-15-11)10-7-18-19(4)9-10/h5-7,9H,8H2,1-4H3,(H,17,20). The summed E-state index contributed by atoms with van der Waals surface area (Å²) in [7, 11) is 1.85. The Kier molecular flexibility index (Phi) is 3.83. The molecule has 0 aromatic carbocycles. The summed E-state index contributed by atoms with van der Waals surface area (Å²) in [4.78, 5) is 20.6. The molecule has 0 bridgehead atoms. The average molecular weight is 273 g/mol. The van der Waals surface area contributed by atoms with Crippen LogP contribution < -0.4 is 5.32 Å². The van der Waals surface area contributed by atoms with Crippen LogP contribution in [0.5, 0.6) is 0 Å². The maximum Gasteiger partial charge on any atom is 0.225 e. The van der Waals surface area contributed by atoms with E-state index in [0.29, 0.717) is 6.54 Å². The molecule has 106 valence electrons. The molecular weight excluding hydrogens is 254 g/mol. The molecule has 2 aromatic rings. The summed E-state index contributed by atoms with van der Waals surface area (Å²) in [5.74, 6) is -0.0136. The fourth-order valence-corrected chi connectivity index (χ4v) is 1.71. The van der Waals surface area contributed by atoms with Gasteiger partial charge in [-0.3, -0.25) is 19.4 Å². The molecule has 2 rings (SSSR count). The molecule has 1 amide bonds. The van der Waals surface area contributed by atoms with E-state index < -0.39 is 5.41 Å². The molecule has 0 aliphatic heterocycles. The molecule has 1 N–H and O–H groups in total. The molecule has 2 aromatic heterocycles. The number of nitrogens with one attached hydrogen (secondary N) is 1. The van der Waals surface area contributed by atoms with Crippen LogP contribution in [0.2, 0.25) is 0 Å². The van der Waals surface area contributed by atoms with Crippen molar-refractivity contribution in [1.29, 1.82) is 0 Å². The van der Waals surface area contributed by atoms with Crippen molar-refractivity contribution < 1.29 is 4.79 Å². The zero-order valence-electron chi connectivity index (χ0n) is 12.2. The molecule has 0 aliphatic carbocycles. The molecular formula is C14H19N5O. The van der Waals surface area contributed by atoms with Crippen LogP contribution in [0.25, 0.3) is 11.3 Å². The van der Waals surface area contributed by atoms with Crippen molar-refractivity contribution in [3.05, 3.63) is 30.5 Å². The van der Waals surface area contributed by atoms with Crippen LogP contribution in [0.4, 0.5) is 0 Å². The van der Waals surface area contributed by atoms with E-state index in [0.717, 1.165) is 17.0 Å². The van der Waals surface area contributed by atoms with E-state index in [4.69, 9.17) is 0 Å². The lowest BCUT2D eigenvalue weighted by atomic mass is 9.96. The quantitative estimate of drug-likeness (QED) is 0.920. The van der Waals surface area contributed by atoms with Gasteiger partial charge in [0.15, 0.2) is 0 Å². The van der Waals surface area contributed by atoms with Gasteiger partial charge in [-0.25, -0.2) is 0 Å². The number of aryl methyl sites for hydroxylation is 1. The maximum absolute atomic E-state index is 11.9. The molecule has 2 heterocycles. The predicted octanol–water partition coefficient (Wildman–Crippen LogP) is 1.54. The van der Waals surface area contributed by atoms with Gasteiger partial charge in [0.1, 0.15) is 0 Å². The highest BCUT2D eigenvalue weighted by atomic mass is 16.2. The first-order valence-corrected chi connectivity index (χ1v) is 6.45. The van der Waals surface area contributed by atoms with Gasteiger partial charge < -0.3 is 5.32 Å². The monoisotopic (exact) mass is 273 g/mol. The zero-order chi connectivity index (χ0) is 14.8. The van der Waals surface area contributed by atoms with Gasteiger partial charge >= 0.3 is 0 Å². The van der Waals surface area contributed by atoms with Crippen molar-refractivity contribution in [2.75, 3.05) is 0 Å². The Hall–Kier alpha value is -2.24. The molecule has 20 heavy (non-hydrogen) atoms. The largest absolute Gasteiger partial charge is 0.350 e. The summed E-state index contributed by atoms with van der Waals surface area (Å²) in [6.07, 6.45) is 6.87. The third-order valence-electron chi connectivity index (χ3n) is 2.85. The fourth-order valence-electron chi connectivity index (χ4n) is 1.71. The van der Waals surface area contributed by atoms with Crippen molar-refractivity contribution in [3.63, 3.8) is 0 Å². The van der Waals surface area contributed by atoms with Gasteiger partial charge in [-0.05, 0) is 0 Å². The van der Waals surface area contributed by atoms with Crippen LogP contribution in [-0.4, -0.2) is 25.7 Å². The van der Waals surface area contributed by atoms with Crippen LogP contribution in [0.1, 0.15) is 26.5 Å². The number of nitrogens with zero attached hydrogens (tertiary/aromatic N) is 4. The number of rotatable bonds is 3. The molecule has 6 heteroatoms. The second kappa shape index (κ2) is 5.40. The number of carbonyl (C=O) groups is 1. The van der Waals surface area contributed by atoms with Gasteiger partial charge in [-0.15, -0.1) is 0 Å². The highest BCUT2D eigenvalue weighted by Crippen LogP contribution is 2.19. The predicted molar refractivity (Wildman–Crippen MR) is 75.5 cm³/mol. The third-order valence-corrected chi connectivity index (χ3v) is 2.85. The highest BCUT2D eigenvalue weighted by Gasteiger charge is 2.21. The van der Waals surface area contributed by atoms with Gasteiger partial charge in [0.25, 0.3) is 0 Å². The van der Waals surface area contributed by atoms with Gasteiger partial charge in [-0.2, -0.15) is 5.10 Å². The van der Waals surface area contributed by atoms with E-state index in [-0.39, 0.29) is 5.91 Å². The van der Waals surface area contributed by atoms with Crippen LogP contribution in [0, 0.1) is 5.41 Å². The van der Waals surface area contributed by atoms with E-state index in [1.54, 1.807) is 23.3 Å². The first-order chi connectivity index (χ1) is 9.38. The summed E-state index contributed by atoms with van der Waals surface area (Å²) < 4.78 is 1.71. The van der Waals surface area contributed by atoms with Crippen LogP contribution in [0.15, 0.2) is 24.8 Å². The first-order valence-electron chi connectivity index (χ1n) is 6.45. The lowest BCUT2D eigenvalue weighted by Gasteiger charge is -2.17. The van der Waals surface area contributed by atoms with Crippen LogP contribution in [0.3, 0.4) is 0 Å². The Bertz CT molecular complexity index is 612. The Morgan fingerprint density at radius 2 is 2.00 bits per heavy atom. The van der Waals surface area contributed by atoms with E-state index in [9.17, 15) is 4.79 Å². The number of aromatic nitrogens is 4. The van der Waals surface area contributed by atoms with Gasteiger partial charge in [0.2, 0.25) is 5.91 Å². The van der Waals surface area contributed by atoms with Crippen LogP contribution >= 0.6 is 0 Å².